The molecule has 2 aliphatic heterocycles. The standard InChI is InChI=1S/C14H18N2O4S/c1-10(17)16-6-5-11-3-4-12(7-13(11)16)21(19,20)15-8-14(2,18)9-15/h3-4,7,18H,5-6,8-9H2,1-2H3. The van der Waals surface area contributed by atoms with Gasteiger partial charge in [0.15, 0.2) is 0 Å². The minimum Gasteiger partial charge on any atom is -0.387 e. The van der Waals surface area contributed by atoms with Crippen LogP contribution in [0, 0.1) is 0 Å². The van der Waals surface area contributed by atoms with Gasteiger partial charge in [0, 0.05) is 32.2 Å². The number of carbonyl (C=O) groups is 1. The second-order valence-corrected chi connectivity index (χ2v) is 7.92. The normalized spacial score (nSPS) is 21.0. The number of hydrogen-bond acceptors (Lipinski definition) is 4. The molecule has 0 aromatic heterocycles. The Bertz CT molecular complexity index is 704. The summed E-state index contributed by atoms with van der Waals surface area (Å²) in [4.78, 5) is 13.4. The van der Waals surface area contributed by atoms with E-state index in [4.69, 9.17) is 0 Å². The first kappa shape index (κ1) is 14.5. The van der Waals surface area contributed by atoms with Crippen LogP contribution in [0.15, 0.2) is 23.1 Å². The van der Waals surface area contributed by atoms with Crippen molar-refractivity contribution in [3.8, 4) is 0 Å². The fraction of sp³-hybridized carbons (Fsp3) is 0.500. The predicted molar refractivity (Wildman–Crippen MR) is 77.6 cm³/mol. The molecule has 3 rings (SSSR count). The number of anilines is 1. The maximum atomic E-state index is 12.5. The SMILES string of the molecule is CC(=O)N1CCc2ccc(S(=O)(=O)N3CC(C)(O)C3)cc21. The molecule has 6 nitrogen and oxygen atoms in total. The van der Waals surface area contributed by atoms with E-state index < -0.39 is 15.6 Å². The average Bonchev–Trinajstić information content (AvgIpc) is 2.78. The lowest BCUT2D eigenvalue weighted by molar-refractivity contribution is -0.116. The van der Waals surface area contributed by atoms with Gasteiger partial charge >= 0.3 is 0 Å². The molecule has 0 radical (unpaired) electrons. The van der Waals surface area contributed by atoms with Crippen molar-refractivity contribution in [2.75, 3.05) is 24.5 Å². The minimum atomic E-state index is -3.61. The Kier molecular flexibility index (Phi) is 3.12. The third-order valence-corrected chi connectivity index (χ3v) is 5.79. The Hall–Kier alpha value is -1.44. The number of nitrogens with zero attached hydrogens (tertiary/aromatic N) is 2. The molecule has 0 spiro atoms. The summed E-state index contributed by atoms with van der Waals surface area (Å²) in [5.41, 5.74) is 0.713. The van der Waals surface area contributed by atoms with Crippen molar-refractivity contribution in [2.45, 2.75) is 30.8 Å². The van der Waals surface area contributed by atoms with Gasteiger partial charge in [-0.1, -0.05) is 6.07 Å². The monoisotopic (exact) mass is 310 g/mol. The van der Waals surface area contributed by atoms with Crippen LogP contribution in [-0.2, 0) is 21.2 Å². The van der Waals surface area contributed by atoms with Crippen LogP contribution in [0.25, 0.3) is 0 Å². The highest BCUT2D eigenvalue weighted by molar-refractivity contribution is 7.89. The number of carbonyl (C=O) groups excluding carboxylic acids is 1. The van der Waals surface area contributed by atoms with Gasteiger partial charge in [0.2, 0.25) is 15.9 Å². The van der Waals surface area contributed by atoms with E-state index in [9.17, 15) is 18.3 Å². The molecule has 7 heteroatoms. The summed E-state index contributed by atoms with van der Waals surface area (Å²) in [5.74, 6) is -0.0878. The molecule has 21 heavy (non-hydrogen) atoms. The lowest BCUT2D eigenvalue weighted by atomic mass is 10.0. The smallest absolute Gasteiger partial charge is 0.243 e. The first-order valence-electron chi connectivity index (χ1n) is 6.84. The van der Waals surface area contributed by atoms with Gasteiger partial charge in [-0.05, 0) is 31.0 Å². The Morgan fingerprint density at radius 2 is 2.00 bits per heavy atom. The van der Waals surface area contributed by atoms with Crippen molar-refractivity contribution in [3.63, 3.8) is 0 Å². The summed E-state index contributed by atoms with van der Waals surface area (Å²) in [6, 6.07) is 4.90. The number of hydrogen-bond donors (Lipinski definition) is 1. The Morgan fingerprint density at radius 1 is 1.33 bits per heavy atom. The van der Waals surface area contributed by atoms with Crippen molar-refractivity contribution in [1.82, 2.24) is 4.31 Å². The van der Waals surface area contributed by atoms with Crippen molar-refractivity contribution in [1.29, 1.82) is 0 Å². The lowest BCUT2D eigenvalue weighted by Gasteiger charge is -2.42. The molecule has 1 saturated heterocycles. The van der Waals surface area contributed by atoms with E-state index in [0.717, 1.165) is 12.0 Å². The van der Waals surface area contributed by atoms with Crippen LogP contribution in [-0.4, -0.2) is 49.0 Å². The van der Waals surface area contributed by atoms with Crippen LogP contribution in [0.1, 0.15) is 19.4 Å². The fourth-order valence-corrected chi connectivity index (χ4v) is 4.57. The highest BCUT2D eigenvalue weighted by atomic mass is 32.2. The van der Waals surface area contributed by atoms with E-state index in [0.29, 0.717) is 12.2 Å². The Labute approximate surface area is 124 Å². The maximum absolute atomic E-state index is 12.5. The second-order valence-electron chi connectivity index (χ2n) is 5.98. The molecule has 1 aromatic rings. The molecule has 0 atom stereocenters. The van der Waals surface area contributed by atoms with Gasteiger partial charge in [0.25, 0.3) is 0 Å². The zero-order valence-corrected chi connectivity index (χ0v) is 12.9. The quantitative estimate of drug-likeness (QED) is 0.855. The topological polar surface area (TPSA) is 77.9 Å². The zero-order chi connectivity index (χ0) is 15.4. The molecule has 2 heterocycles. The van der Waals surface area contributed by atoms with E-state index in [-0.39, 0.29) is 23.9 Å². The summed E-state index contributed by atoms with van der Waals surface area (Å²) < 4.78 is 26.2. The van der Waals surface area contributed by atoms with E-state index in [1.54, 1.807) is 30.0 Å². The summed E-state index contributed by atoms with van der Waals surface area (Å²) in [6.07, 6.45) is 0.744. The summed E-state index contributed by atoms with van der Waals surface area (Å²) in [5, 5.41) is 9.70. The van der Waals surface area contributed by atoms with E-state index in [1.807, 2.05) is 0 Å². The number of sulfonamides is 1. The molecular formula is C14H18N2O4S. The van der Waals surface area contributed by atoms with Crippen LogP contribution in [0.2, 0.25) is 0 Å². The van der Waals surface area contributed by atoms with Gasteiger partial charge < -0.3 is 10.0 Å². The van der Waals surface area contributed by atoms with Crippen molar-refractivity contribution >= 4 is 21.6 Å². The number of aliphatic hydroxyl groups is 1. The van der Waals surface area contributed by atoms with E-state index >= 15 is 0 Å². The number of amides is 1. The van der Waals surface area contributed by atoms with Gasteiger partial charge in [-0.2, -0.15) is 4.31 Å². The van der Waals surface area contributed by atoms with E-state index in [2.05, 4.69) is 0 Å². The molecule has 1 N–H and O–H groups in total. The highest BCUT2D eigenvalue weighted by Crippen LogP contribution is 2.33. The van der Waals surface area contributed by atoms with Gasteiger partial charge in [0.05, 0.1) is 10.5 Å². The molecule has 114 valence electrons. The second kappa shape index (κ2) is 4.53. The van der Waals surface area contributed by atoms with E-state index in [1.165, 1.54) is 11.2 Å². The van der Waals surface area contributed by atoms with Crippen LogP contribution >= 0.6 is 0 Å². The summed E-state index contributed by atoms with van der Waals surface area (Å²) in [6.45, 7) is 3.88. The molecule has 0 saturated carbocycles. The molecule has 0 aliphatic carbocycles. The molecule has 0 unspecified atom stereocenters. The number of rotatable bonds is 2. The first-order valence-corrected chi connectivity index (χ1v) is 8.28. The van der Waals surface area contributed by atoms with Gasteiger partial charge in [-0.25, -0.2) is 8.42 Å². The van der Waals surface area contributed by atoms with Crippen LogP contribution in [0.3, 0.4) is 0 Å². The van der Waals surface area contributed by atoms with Gasteiger partial charge in [-0.3, -0.25) is 4.79 Å². The Morgan fingerprint density at radius 3 is 2.57 bits per heavy atom. The maximum Gasteiger partial charge on any atom is 0.243 e. The molecule has 0 bridgehead atoms. The minimum absolute atomic E-state index is 0.0878. The summed E-state index contributed by atoms with van der Waals surface area (Å²) >= 11 is 0. The Balaban J connectivity index is 1.94. The molecule has 1 aromatic carbocycles. The predicted octanol–water partition coefficient (Wildman–Crippen LogP) is 0.351. The third kappa shape index (κ3) is 2.35. The van der Waals surface area contributed by atoms with Gasteiger partial charge in [0.1, 0.15) is 0 Å². The highest BCUT2D eigenvalue weighted by Gasteiger charge is 2.44. The third-order valence-electron chi connectivity index (χ3n) is 4.00. The van der Waals surface area contributed by atoms with Gasteiger partial charge in [-0.15, -0.1) is 0 Å². The molecule has 1 fully saturated rings. The van der Waals surface area contributed by atoms with Crippen LogP contribution in [0.5, 0.6) is 0 Å². The van der Waals surface area contributed by atoms with Crippen molar-refractivity contribution in [2.24, 2.45) is 0 Å². The zero-order valence-electron chi connectivity index (χ0n) is 12.0. The van der Waals surface area contributed by atoms with Crippen LogP contribution in [0.4, 0.5) is 5.69 Å². The molecule has 2 aliphatic rings. The summed E-state index contributed by atoms with van der Waals surface area (Å²) in [7, 11) is -3.61. The van der Waals surface area contributed by atoms with Crippen molar-refractivity contribution < 1.29 is 18.3 Å². The molecular weight excluding hydrogens is 292 g/mol. The number of benzene rings is 1. The largest absolute Gasteiger partial charge is 0.387 e. The van der Waals surface area contributed by atoms with Crippen LogP contribution < -0.4 is 4.90 Å². The van der Waals surface area contributed by atoms with Crippen molar-refractivity contribution in [3.05, 3.63) is 23.8 Å². The first-order chi connectivity index (χ1) is 9.71. The molecule has 1 amide bonds. The fourth-order valence-electron chi connectivity index (χ4n) is 2.88. The number of fused-ring (bicyclic) bond motifs is 1. The number of β-amino-alcohol motifs (C(OH)–C–C–N with tert-alkyl or cyclic N) is 1. The lowest BCUT2D eigenvalue weighted by Crippen LogP contribution is -2.61. The average molecular weight is 310 g/mol.